The molecule has 0 saturated heterocycles. The molecule has 1 saturated carbocycles. The highest BCUT2D eigenvalue weighted by atomic mass is 35.5. The molecule has 1 fully saturated rings. The highest BCUT2D eigenvalue weighted by Gasteiger charge is 2.29. The highest BCUT2D eigenvalue weighted by molar-refractivity contribution is 5.85. The summed E-state index contributed by atoms with van der Waals surface area (Å²) in [6.45, 7) is 0. The van der Waals surface area contributed by atoms with Crippen LogP contribution in [0.4, 0.5) is 0 Å². The van der Waals surface area contributed by atoms with Crippen LogP contribution in [0.25, 0.3) is 0 Å². The minimum atomic E-state index is 0. The molecule has 0 radical (unpaired) electrons. The first-order valence-electron chi connectivity index (χ1n) is 3.48. The lowest BCUT2D eigenvalue weighted by Gasteiger charge is -2.30. The Labute approximate surface area is 83.1 Å². The molecular formula is C6H12Cl2N4. The molecule has 1 aromatic heterocycles. The van der Waals surface area contributed by atoms with Crippen molar-refractivity contribution in [1.82, 2.24) is 15.2 Å². The van der Waals surface area contributed by atoms with E-state index < -0.39 is 0 Å². The van der Waals surface area contributed by atoms with E-state index in [1.54, 1.807) is 6.33 Å². The van der Waals surface area contributed by atoms with E-state index in [0.29, 0.717) is 12.0 Å². The molecule has 3 N–H and O–H groups in total. The molecule has 6 heteroatoms. The van der Waals surface area contributed by atoms with Gasteiger partial charge in [-0.25, -0.2) is 0 Å². The molecule has 0 unspecified atom stereocenters. The Hall–Kier alpha value is -0.320. The average molecular weight is 211 g/mol. The Bertz CT molecular complexity index is 207. The third-order valence-corrected chi connectivity index (χ3v) is 2.00. The van der Waals surface area contributed by atoms with Crippen molar-refractivity contribution in [2.45, 2.75) is 24.8 Å². The zero-order valence-electron chi connectivity index (χ0n) is 6.43. The lowest BCUT2D eigenvalue weighted by atomic mass is 9.80. The second kappa shape index (κ2) is 4.64. The van der Waals surface area contributed by atoms with Crippen molar-refractivity contribution in [3.05, 3.63) is 12.2 Å². The number of nitrogens with one attached hydrogen (secondary N) is 1. The van der Waals surface area contributed by atoms with Crippen molar-refractivity contribution in [3.63, 3.8) is 0 Å². The number of hydrogen-bond acceptors (Lipinski definition) is 3. The zero-order valence-corrected chi connectivity index (χ0v) is 8.07. The molecule has 70 valence electrons. The van der Waals surface area contributed by atoms with Gasteiger partial charge in [0.1, 0.15) is 12.2 Å². The minimum Gasteiger partial charge on any atom is -0.331 e. The van der Waals surface area contributed by atoms with Gasteiger partial charge in [-0.15, -0.1) is 35.0 Å². The maximum atomic E-state index is 5.61. The fourth-order valence-electron chi connectivity index (χ4n) is 1.30. The lowest BCUT2D eigenvalue weighted by Crippen LogP contribution is -2.35. The summed E-state index contributed by atoms with van der Waals surface area (Å²) in [4.78, 5) is 2.98. The Morgan fingerprint density at radius 2 is 2.08 bits per heavy atom. The largest absolute Gasteiger partial charge is 0.331 e. The quantitative estimate of drug-likeness (QED) is 0.723. The van der Waals surface area contributed by atoms with E-state index in [1.165, 1.54) is 0 Å². The molecular weight excluding hydrogens is 199 g/mol. The molecule has 0 bridgehead atoms. The second-order valence-corrected chi connectivity index (χ2v) is 2.80. The van der Waals surface area contributed by atoms with Gasteiger partial charge >= 0.3 is 0 Å². The number of rotatable bonds is 1. The van der Waals surface area contributed by atoms with Gasteiger partial charge in [-0.3, -0.25) is 0 Å². The molecule has 0 aliphatic heterocycles. The van der Waals surface area contributed by atoms with Gasteiger partial charge < -0.3 is 10.7 Å². The van der Waals surface area contributed by atoms with Gasteiger partial charge in [-0.05, 0) is 12.8 Å². The number of hydrogen-bond donors (Lipinski definition) is 2. The Morgan fingerprint density at radius 1 is 1.42 bits per heavy atom. The molecule has 4 nitrogen and oxygen atoms in total. The third-order valence-electron chi connectivity index (χ3n) is 2.00. The monoisotopic (exact) mass is 210 g/mol. The lowest BCUT2D eigenvalue weighted by molar-refractivity contribution is 0.339. The SMILES string of the molecule is Cl.Cl.NC1CC(c2nnc[nH]2)C1. The van der Waals surface area contributed by atoms with Crippen molar-refractivity contribution < 1.29 is 0 Å². The maximum absolute atomic E-state index is 5.61. The first kappa shape index (κ1) is 11.7. The van der Waals surface area contributed by atoms with Gasteiger partial charge in [0, 0.05) is 12.0 Å². The summed E-state index contributed by atoms with van der Waals surface area (Å²) in [6, 6.07) is 0.384. The van der Waals surface area contributed by atoms with Crippen LogP contribution >= 0.6 is 24.8 Å². The van der Waals surface area contributed by atoms with Crippen molar-refractivity contribution in [2.24, 2.45) is 5.73 Å². The van der Waals surface area contributed by atoms with Crippen LogP contribution in [-0.2, 0) is 0 Å². The third kappa shape index (κ3) is 2.09. The van der Waals surface area contributed by atoms with Crippen LogP contribution in [0.2, 0.25) is 0 Å². The Kier molecular flexibility index (Phi) is 4.52. The first-order valence-corrected chi connectivity index (χ1v) is 3.48. The van der Waals surface area contributed by atoms with Gasteiger partial charge in [0.25, 0.3) is 0 Å². The van der Waals surface area contributed by atoms with E-state index in [1.807, 2.05) is 0 Å². The number of halogens is 2. The van der Waals surface area contributed by atoms with Crippen molar-refractivity contribution >= 4 is 24.8 Å². The summed E-state index contributed by atoms with van der Waals surface area (Å²) >= 11 is 0. The van der Waals surface area contributed by atoms with Crippen LogP contribution in [0.3, 0.4) is 0 Å². The summed E-state index contributed by atoms with van der Waals surface area (Å²) in [7, 11) is 0. The number of aromatic nitrogens is 3. The summed E-state index contributed by atoms with van der Waals surface area (Å²) in [5.74, 6) is 1.53. The first-order chi connectivity index (χ1) is 4.86. The molecule has 12 heavy (non-hydrogen) atoms. The van der Waals surface area contributed by atoms with Gasteiger partial charge in [-0.1, -0.05) is 0 Å². The number of nitrogens with two attached hydrogens (primary N) is 1. The van der Waals surface area contributed by atoms with Gasteiger partial charge in [0.05, 0.1) is 0 Å². The van der Waals surface area contributed by atoms with Gasteiger partial charge in [0.15, 0.2) is 0 Å². The number of nitrogens with zero attached hydrogens (tertiary/aromatic N) is 2. The predicted octanol–water partition coefficient (Wildman–Crippen LogP) is 0.853. The van der Waals surface area contributed by atoms with E-state index >= 15 is 0 Å². The average Bonchev–Trinajstić information content (AvgIpc) is 2.31. The van der Waals surface area contributed by atoms with Crippen LogP contribution in [0.15, 0.2) is 6.33 Å². The van der Waals surface area contributed by atoms with Crippen LogP contribution < -0.4 is 5.73 Å². The van der Waals surface area contributed by atoms with Crippen molar-refractivity contribution in [2.75, 3.05) is 0 Å². The Balaban J connectivity index is 0.000000605. The minimum absolute atomic E-state index is 0. The van der Waals surface area contributed by atoms with E-state index in [-0.39, 0.29) is 24.8 Å². The van der Waals surface area contributed by atoms with Crippen LogP contribution in [0, 0.1) is 0 Å². The highest BCUT2D eigenvalue weighted by Crippen LogP contribution is 2.32. The topological polar surface area (TPSA) is 67.6 Å². The normalized spacial score (nSPS) is 26.4. The molecule has 1 heterocycles. The van der Waals surface area contributed by atoms with Gasteiger partial charge in [0.2, 0.25) is 0 Å². The maximum Gasteiger partial charge on any atom is 0.133 e. The summed E-state index contributed by atoms with van der Waals surface area (Å²) < 4.78 is 0. The van der Waals surface area contributed by atoms with Crippen molar-refractivity contribution in [1.29, 1.82) is 0 Å². The standard InChI is InChI=1S/C6H10N4.2ClH/c7-5-1-4(2-5)6-8-3-9-10-6;;/h3-5H,1-2,7H2,(H,8,9,10);2*1H. The molecule has 1 aliphatic carbocycles. The molecule has 0 amide bonds. The second-order valence-electron chi connectivity index (χ2n) is 2.80. The zero-order chi connectivity index (χ0) is 6.97. The van der Waals surface area contributed by atoms with E-state index in [9.17, 15) is 0 Å². The van der Waals surface area contributed by atoms with E-state index in [4.69, 9.17) is 5.73 Å². The smallest absolute Gasteiger partial charge is 0.133 e. The summed E-state index contributed by atoms with van der Waals surface area (Å²) in [6.07, 6.45) is 3.71. The fourth-order valence-corrected chi connectivity index (χ4v) is 1.30. The van der Waals surface area contributed by atoms with Gasteiger partial charge in [-0.2, -0.15) is 0 Å². The molecule has 0 atom stereocenters. The molecule has 2 rings (SSSR count). The fraction of sp³-hybridized carbons (Fsp3) is 0.667. The molecule has 0 aromatic carbocycles. The molecule has 0 spiro atoms. The summed E-state index contributed by atoms with van der Waals surface area (Å²) in [5, 5.41) is 7.62. The van der Waals surface area contributed by atoms with Crippen LogP contribution in [0.1, 0.15) is 24.6 Å². The number of aromatic amines is 1. The van der Waals surface area contributed by atoms with E-state index in [0.717, 1.165) is 18.7 Å². The van der Waals surface area contributed by atoms with Crippen molar-refractivity contribution in [3.8, 4) is 0 Å². The van der Waals surface area contributed by atoms with E-state index in [2.05, 4.69) is 15.2 Å². The molecule has 1 aliphatic rings. The summed E-state index contributed by atoms with van der Waals surface area (Å²) in [5.41, 5.74) is 5.61. The van der Waals surface area contributed by atoms with Crippen LogP contribution in [0.5, 0.6) is 0 Å². The molecule has 1 aromatic rings. The Morgan fingerprint density at radius 3 is 2.50 bits per heavy atom. The van der Waals surface area contributed by atoms with Crippen LogP contribution in [-0.4, -0.2) is 21.2 Å². The predicted molar refractivity (Wildman–Crippen MR) is 50.8 cm³/mol. The number of H-pyrrole nitrogens is 1.